The fourth-order valence-corrected chi connectivity index (χ4v) is 1.88. The van der Waals surface area contributed by atoms with E-state index in [4.69, 9.17) is 6.42 Å². The van der Waals surface area contributed by atoms with Gasteiger partial charge < -0.3 is 5.32 Å². The Labute approximate surface area is 121 Å². The lowest BCUT2D eigenvalue weighted by Gasteiger charge is -2.06. The Bertz CT molecular complexity index is 718. The van der Waals surface area contributed by atoms with Crippen LogP contribution in [-0.2, 0) is 0 Å². The van der Waals surface area contributed by atoms with Gasteiger partial charge in [-0.15, -0.1) is 6.42 Å². The van der Waals surface area contributed by atoms with Crippen LogP contribution in [-0.4, -0.2) is 17.3 Å². The number of ketones is 1. The van der Waals surface area contributed by atoms with Gasteiger partial charge >= 0.3 is 0 Å². The molecule has 2 aromatic carbocycles. The lowest BCUT2D eigenvalue weighted by Crippen LogP contribution is -2.06. The van der Waals surface area contributed by atoms with Crippen molar-refractivity contribution in [2.24, 2.45) is 0 Å². The van der Waals surface area contributed by atoms with Crippen molar-refractivity contribution in [3.63, 3.8) is 0 Å². The molecule has 0 atom stereocenters. The molecule has 5 nitrogen and oxygen atoms in total. The highest BCUT2D eigenvalue weighted by Gasteiger charge is 2.18. The van der Waals surface area contributed by atoms with Gasteiger partial charge in [0.25, 0.3) is 5.69 Å². The predicted molar refractivity (Wildman–Crippen MR) is 80.3 cm³/mol. The number of hydrogen-bond acceptors (Lipinski definition) is 4. The molecule has 0 saturated heterocycles. The van der Waals surface area contributed by atoms with Crippen molar-refractivity contribution in [3.8, 4) is 12.3 Å². The summed E-state index contributed by atoms with van der Waals surface area (Å²) < 4.78 is 0. The number of nitro groups is 1. The van der Waals surface area contributed by atoms with Crippen LogP contribution >= 0.6 is 0 Å². The van der Waals surface area contributed by atoms with Crippen molar-refractivity contribution < 1.29 is 9.72 Å². The SMILES string of the molecule is C#CCNc1ccc(C(=O)c2ccccc2)cc1[N+](=O)[O-]. The molecule has 104 valence electrons. The van der Waals surface area contributed by atoms with Gasteiger partial charge in [0.2, 0.25) is 0 Å². The van der Waals surface area contributed by atoms with Crippen LogP contribution in [0, 0.1) is 22.5 Å². The minimum Gasteiger partial charge on any atom is -0.369 e. The zero-order valence-corrected chi connectivity index (χ0v) is 11.1. The highest BCUT2D eigenvalue weighted by Crippen LogP contribution is 2.26. The van der Waals surface area contributed by atoms with Crippen LogP contribution in [0.25, 0.3) is 0 Å². The van der Waals surface area contributed by atoms with Crippen LogP contribution in [0.2, 0.25) is 0 Å². The number of nitrogens with one attached hydrogen (secondary N) is 1. The lowest BCUT2D eigenvalue weighted by molar-refractivity contribution is -0.384. The summed E-state index contributed by atoms with van der Waals surface area (Å²) in [5, 5.41) is 13.9. The third-order valence-corrected chi connectivity index (χ3v) is 2.87. The number of benzene rings is 2. The van der Waals surface area contributed by atoms with Crippen molar-refractivity contribution in [1.29, 1.82) is 0 Å². The van der Waals surface area contributed by atoms with Gasteiger partial charge in [-0.25, -0.2) is 0 Å². The van der Waals surface area contributed by atoms with E-state index < -0.39 is 4.92 Å². The number of rotatable bonds is 5. The normalized spacial score (nSPS) is 9.67. The predicted octanol–water partition coefficient (Wildman–Crippen LogP) is 2.87. The van der Waals surface area contributed by atoms with E-state index in [0.717, 1.165) is 0 Å². The minimum absolute atomic E-state index is 0.173. The summed E-state index contributed by atoms with van der Waals surface area (Å²) in [6, 6.07) is 12.9. The molecule has 0 spiro atoms. The first-order valence-electron chi connectivity index (χ1n) is 6.19. The second-order valence-electron chi connectivity index (χ2n) is 4.24. The summed E-state index contributed by atoms with van der Waals surface area (Å²) in [6.45, 7) is 0.173. The Kier molecular flexibility index (Phi) is 4.32. The Morgan fingerprint density at radius 3 is 2.52 bits per heavy atom. The molecule has 0 amide bonds. The van der Waals surface area contributed by atoms with Gasteiger partial charge in [0.1, 0.15) is 5.69 Å². The number of anilines is 1. The number of nitro benzene ring substituents is 1. The van der Waals surface area contributed by atoms with Crippen LogP contribution in [0.15, 0.2) is 48.5 Å². The van der Waals surface area contributed by atoms with Gasteiger partial charge in [0.05, 0.1) is 11.5 Å². The maximum atomic E-state index is 12.3. The van der Waals surface area contributed by atoms with Crippen LogP contribution in [0.4, 0.5) is 11.4 Å². The van der Waals surface area contributed by atoms with Crippen LogP contribution in [0.5, 0.6) is 0 Å². The van der Waals surface area contributed by atoms with E-state index in [1.54, 1.807) is 36.4 Å². The molecular formula is C16H12N2O3. The van der Waals surface area contributed by atoms with E-state index >= 15 is 0 Å². The van der Waals surface area contributed by atoms with Gasteiger partial charge in [-0.3, -0.25) is 14.9 Å². The van der Waals surface area contributed by atoms with Gasteiger partial charge in [-0.05, 0) is 12.1 Å². The molecule has 0 heterocycles. The highest BCUT2D eigenvalue weighted by atomic mass is 16.6. The largest absolute Gasteiger partial charge is 0.369 e. The monoisotopic (exact) mass is 280 g/mol. The number of hydrogen-bond donors (Lipinski definition) is 1. The van der Waals surface area contributed by atoms with Crippen LogP contribution in [0.1, 0.15) is 15.9 Å². The average molecular weight is 280 g/mol. The third kappa shape index (κ3) is 3.25. The first kappa shape index (κ1) is 14.3. The Morgan fingerprint density at radius 1 is 1.19 bits per heavy atom. The Morgan fingerprint density at radius 2 is 1.90 bits per heavy atom. The van der Waals surface area contributed by atoms with E-state index in [9.17, 15) is 14.9 Å². The number of terminal acetylenes is 1. The highest BCUT2D eigenvalue weighted by molar-refractivity contribution is 6.09. The van der Waals surface area contributed by atoms with Gasteiger partial charge in [0.15, 0.2) is 5.78 Å². The number of carbonyl (C=O) groups is 1. The van der Waals surface area contributed by atoms with Crippen molar-refractivity contribution >= 4 is 17.2 Å². The van der Waals surface area contributed by atoms with E-state index in [-0.39, 0.29) is 23.6 Å². The first-order chi connectivity index (χ1) is 10.1. The van der Waals surface area contributed by atoms with E-state index in [1.807, 2.05) is 0 Å². The number of nitrogens with zero attached hydrogens (tertiary/aromatic N) is 1. The molecule has 5 heteroatoms. The third-order valence-electron chi connectivity index (χ3n) is 2.87. The first-order valence-corrected chi connectivity index (χ1v) is 6.19. The molecule has 1 N–H and O–H groups in total. The average Bonchev–Trinajstić information content (AvgIpc) is 2.52. The number of carbonyl (C=O) groups excluding carboxylic acids is 1. The lowest BCUT2D eigenvalue weighted by atomic mass is 10.0. The summed E-state index contributed by atoms with van der Waals surface area (Å²) in [4.78, 5) is 22.8. The van der Waals surface area contributed by atoms with Crippen molar-refractivity contribution in [2.75, 3.05) is 11.9 Å². The van der Waals surface area contributed by atoms with Crippen LogP contribution in [0.3, 0.4) is 0 Å². The molecule has 0 bridgehead atoms. The molecule has 0 aliphatic carbocycles. The van der Waals surface area contributed by atoms with Crippen molar-refractivity contribution in [1.82, 2.24) is 0 Å². The second-order valence-corrected chi connectivity index (χ2v) is 4.24. The molecule has 0 fully saturated rings. The zero-order chi connectivity index (χ0) is 15.2. The second kappa shape index (κ2) is 6.35. The molecule has 0 unspecified atom stereocenters. The van der Waals surface area contributed by atoms with E-state index in [1.165, 1.54) is 12.1 Å². The Balaban J connectivity index is 2.38. The fourth-order valence-electron chi connectivity index (χ4n) is 1.88. The Hall–Kier alpha value is -3.13. The molecule has 2 rings (SSSR count). The summed E-state index contributed by atoms with van der Waals surface area (Å²) >= 11 is 0. The minimum atomic E-state index is -0.541. The molecule has 21 heavy (non-hydrogen) atoms. The topological polar surface area (TPSA) is 72.2 Å². The zero-order valence-electron chi connectivity index (χ0n) is 11.1. The van der Waals surface area contributed by atoms with Gasteiger partial charge in [-0.2, -0.15) is 0 Å². The maximum absolute atomic E-state index is 12.3. The standard InChI is InChI=1S/C16H12N2O3/c1-2-10-17-14-9-8-13(11-15(14)18(20)21)16(19)12-6-4-3-5-7-12/h1,3-9,11,17H,10H2. The smallest absolute Gasteiger partial charge is 0.293 e. The van der Waals surface area contributed by atoms with Gasteiger partial charge in [0, 0.05) is 17.2 Å². The van der Waals surface area contributed by atoms with E-state index in [2.05, 4.69) is 11.2 Å². The molecular weight excluding hydrogens is 268 g/mol. The van der Waals surface area contributed by atoms with E-state index in [0.29, 0.717) is 11.3 Å². The van der Waals surface area contributed by atoms with Gasteiger partial charge in [-0.1, -0.05) is 36.3 Å². The molecule has 2 aromatic rings. The fraction of sp³-hybridized carbons (Fsp3) is 0.0625. The molecule has 0 aromatic heterocycles. The maximum Gasteiger partial charge on any atom is 0.293 e. The van der Waals surface area contributed by atoms with Crippen molar-refractivity contribution in [2.45, 2.75) is 0 Å². The molecule has 0 radical (unpaired) electrons. The molecule has 0 aliphatic heterocycles. The quantitative estimate of drug-likeness (QED) is 0.395. The molecule has 0 saturated carbocycles. The van der Waals surface area contributed by atoms with Crippen LogP contribution < -0.4 is 5.32 Å². The van der Waals surface area contributed by atoms with Crippen molar-refractivity contribution in [3.05, 3.63) is 69.8 Å². The summed E-state index contributed by atoms with van der Waals surface area (Å²) in [5.74, 6) is 2.08. The molecule has 0 aliphatic rings. The summed E-state index contributed by atoms with van der Waals surface area (Å²) in [7, 11) is 0. The summed E-state index contributed by atoms with van der Waals surface area (Å²) in [5.41, 5.74) is 0.866. The summed E-state index contributed by atoms with van der Waals surface area (Å²) in [6.07, 6.45) is 5.12.